The largest absolute Gasteiger partial charge is 0.321 e. The van der Waals surface area contributed by atoms with E-state index in [0.717, 1.165) is 33.2 Å². The molecule has 3 aromatic carbocycles. The van der Waals surface area contributed by atoms with Gasteiger partial charge in [0.1, 0.15) is 0 Å². The maximum Gasteiger partial charge on any atom is 0.277 e. The number of nitro groups is 1. The first-order valence-corrected chi connectivity index (χ1v) is 8.64. The van der Waals surface area contributed by atoms with Crippen molar-refractivity contribution in [3.05, 3.63) is 98.3 Å². The fraction of sp³-hybridized carbons (Fsp3) is 0.0455. The van der Waals surface area contributed by atoms with Gasteiger partial charge < -0.3 is 4.98 Å². The van der Waals surface area contributed by atoms with Crippen molar-refractivity contribution in [2.45, 2.75) is 6.42 Å². The maximum atomic E-state index is 12.6. The summed E-state index contributed by atoms with van der Waals surface area (Å²) in [7, 11) is 0. The molecule has 0 saturated heterocycles. The standard InChI is InChI=1S/C22H14N2O3/c25-22-21-16-7-2-1-5-13(16)12-18(21)17-11-14(9-10-19(17)23-22)15-6-3-4-8-20(15)24(26)27/h1-11H,12H2,(H,23,25). The molecule has 0 aliphatic heterocycles. The second-order valence-electron chi connectivity index (χ2n) is 6.68. The summed E-state index contributed by atoms with van der Waals surface area (Å²) >= 11 is 0. The van der Waals surface area contributed by atoms with Crippen molar-refractivity contribution in [2.24, 2.45) is 0 Å². The number of H-pyrrole nitrogens is 1. The quantitative estimate of drug-likeness (QED) is 0.369. The van der Waals surface area contributed by atoms with Crippen LogP contribution in [0.5, 0.6) is 0 Å². The Balaban J connectivity index is 1.79. The zero-order chi connectivity index (χ0) is 18.5. The predicted molar refractivity (Wildman–Crippen MR) is 105 cm³/mol. The van der Waals surface area contributed by atoms with Crippen LogP contribution < -0.4 is 5.56 Å². The van der Waals surface area contributed by atoms with Crippen LogP contribution in [0.3, 0.4) is 0 Å². The third kappa shape index (κ3) is 2.29. The SMILES string of the molecule is O=c1[nH]c2ccc(-c3ccccc3[N+](=O)[O-])cc2c2c1-c1ccccc1C2. The van der Waals surface area contributed by atoms with Crippen molar-refractivity contribution >= 4 is 16.6 Å². The highest BCUT2D eigenvalue weighted by molar-refractivity contribution is 5.95. The van der Waals surface area contributed by atoms with Gasteiger partial charge >= 0.3 is 0 Å². The number of nitrogens with one attached hydrogen (secondary N) is 1. The minimum absolute atomic E-state index is 0.0706. The zero-order valence-corrected chi connectivity index (χ0v) is 14.2. The summed E-state index contributed by atoms with van der Waals surface area (Å²) in [6, 6.07) is 20.2. The smallest absolute Gasteiger partial charge is 0.277 e. The van der Waals surface area contributed by atoms with Gasteiger partial charge in [-0.1, -0.05) is 42.5 Å². The van der Waals surface area contributed by atoms with Crippen molar-refractivity contribution in [2.75, 3.05) is 0 Å². The fourth-order valence-electron chi connectivity index (χ4n) is 3.98. The van der Waals surface area contributed by atoms with Crippen LogP contribution >= 0.6 is 0 Å². The van der Waals surface area contributed by atoms with E-state index in [1.807, 2.05) is 42.5 Å². The number of nitrogens with zero attached hydrogens (tertiary/aromatic N) is 1. The molecular weight excluding hydrogens is 340 g/mol. The molecule has 0 atom stereocenters. The molecule has 4 aromatic rings. The van der Waals surface area contributed by atoms with Gasteiger partial charge in [0.15, 0.2) is 0 Å². The lowest BCUT2D eigenvalue weighted by Crippen LogP contribution is -2.10. The van der Waals surface area contributed by atoms with Gasteiger partial charge in [-0.15, -0.1) is 0 Å². The number of pyridine rings is 1. The van der Waals surface area contributed by atoms with Gasteiger partial charge in [0.2, 0.25) is 0 Å². The summed E-state index contributed by atoms with van der Waals surface area (Å²) in [5.41, 5.74) is 5.83. The molecule has 0 bridgehead atoms. The predicted octanol–water partition coefficient (Wildman–Crippen LogP) is 4.67. The molecule has 0 spiro atoms. The second-order valence-corrected chi connectivity index (χ2v) is 6.68. The molecule has 27 heavy (non-hydrogen) atoms. The van der Waals surface area contributed by atoms with Crippen molar-refractivity contribution in [1.82, 2.24) is 4.98 Å². The average molecular weight is 354 g/mol. The molecule has 5 heteroatoms. The molecule has 0 fully saturated rings. The zero-order valence-electron chi connectivity index (χ0n) is 14.2. The highest BCUT2D eigenvalue weighted by Crippen LogP contribution is 2.39. The molecule has 5 nitrogen and oxygen atoms in total. The molecule has 1 N–H and O–H groups in total. The lowest BCUT2D eigenvalue weighted by Gasteiger charge is -2.09. The number of aromatic nitrogens is 1. The van der Waals surface area contributed by atoms with Crippen LogP contribution in [-0.2, 0) is 6.42 Å². The van der Waals surface area contributed by atoms with Gasteiger partial charge in [-0.05, 0) is 46.9 Å². The second kappa shape index (κ2) is 5.64. The monoisotopic (exact) mass is 354 g/mol. The molecule has 0 unspecified atom stereocenters. The Morgan fingerprint density at radius 3 is 2.48 bits per heavy atom. The Kier molecular flexibility index (Phi) is 3.24. The fourth-order valence-corrected chi connectivity index (χ4v) is 3.98. The van der Waals surface area contributed by atoms with Crippen LogP contribution in [0, 0.1) is 10.1 Å². The first-order valence-electron chi connectivity index (χ1n) is 8.64. The van der Waals surface area contributed by atoms with Crippen LogP contribution in [0.4, 0.5) is 5.69 Å². The Labute approximate surface area is 154 Å². The van der Waals surface area contributed by atoms with E-state index in [0.29, 0.717) is 17.5 Å². The van der Waals surface area contributed by atoms with E-state index >= 15 is 0 Å². The van der Waals surface area contributed by atoms with Gasteiger partial charge in [-0.25, -0.2) is 0 Å². The van der Waals surface area contributed by atoms with E-state index in [-0.39, 0.29) is 16.2 Å². The number of hydrogen-bond donors (Lipinski definition) is 1. The molecule has 130 valence electrons. The molecular formula is C22H14N2O3. The van der Waals surface area contributed by atoms with Gasteiger partial charge in [0.25, 0.3) is 11.2 Å². The van der Waals surface area contributed by atoms with Gasteiger partial charge in [0, 0.05) is 17.0 Å². The summed E-state index contributed by atoms with van der Waals surface area (Å²) < 4.78 is 0. The summed E-state index contributed by atoms with van der Waals surface area (Å²) in [6.45, 7) is 0. The van der Waals surface area contributed by atoms with Crippen molar-refractivity contribution in [3.63, 3.8) is 0 Å². The Morgan fingerprint density at radius 2 is 1.67 bits per heavy atom. The number of aromatic amines is 1. The maximum absolute atomic E-state index is 12.6. The normalized spacial score (nSPS) is 12.0. The molecule has 1 aliphatic rings. The highest BCUT2D eigenvalue weighted by atomic mass is 16.6. The van der Waals surface area contributed by atoms with E-state index in [1.54, 1.807) is 18.2 Å². The summed E-state index contributed by atoms with van der Waals surface area (Å²) in [4.78, 5) is 26.6. The van der Waals surface area contributed by atoms with Crippen LogP contribution in [0.25, 0.3) is 33.2 Å². The Hall–Kier alpha value is -3.73. The minimum Gasteiger partial charge on any atom is -0.321 e. The number of hydrogen-bond acceptors (Lipinski definition) is 3. The number of benzene rings is 3. The molecule has 5 rings (SSSR count). The number of nitro benzene ring substituents is 1. The lowest BCUT2D eigenvalue weighted by molar-refractivity contribution is -0.384. The van der Waals surface area contributed by atoms with Gasteiger partial charge in [-0.2, -0.15) is 0 Å². The van der Waals surface area contributed by atoms with Crippen molar-refractivity contribution in [3.8, 4) is 22.3 Å². The third-order valence-corrected chi connectivity index (χ3v) is 5.19. The lowest BCUT2D eigenvalue weighted by atomic mass is 9.98. The highest BCUT2D eigenvalue weighted by Gasteiger charge is 2.24. The topological polar surface area (TPSA) is 76.0 Å². The summed E-state index contributed by atoms with van der Waals surface area (Å²) in [5, 5.41) is 12.3. The number of fused-ring (bicyclic) bond motifs is 5. The van der Waals surface area contributed by atoms with Crippen molar-refractivity contribution < 1.29 is 4.92 Å². The first kappa shape index (κ1) is 15.5. The first-order chi connectivity index (χ1) is 13.1. The molecule has 1 heterocycles. The van der Waals surface area contributed by atoms with Crippen LogP contribution in [0.15, 0.2) is 71.5 Å². The number of para-hydroxylation sites is 1. The van der Waals surface area contributed by atoms with E-state index in [9.17, 15) is 14.9 Å². The van der Waals surface area contributed by atoms with Gasteiger partial charge in [-0.3, -0.25) is 14.9 Å². The van der Waals surface area contributed by atoms with Crippen LogP contribution in [0.1, 0.15) is 11.1 Å². The van der Waals surface area contributed by atoms with Crippen LogP contribution in [0.2, 0.25) is 0 Å². The van der Waals surface area contributed by atoms with E-state index in [1.165, 1.54) is 6.07 Å². The van der Waals surface area contributed by atoms with Gasteiger partial charge in [0.05, 0.1) is 16.1 Å². The summed E-state index contributed by atoms with van der Waals surface area (Å²) in [6.07, 6.45) is 0.687. The number of rotatable bonds is 2. The third-order valence-electron chi connectivity index (χ3n) is 5.19. The minimum atomic E-state index is -0.368. The van der Waals surface area contributed by atoms with Crippen molar-refractivity contribution in [1.29, 1.82) is 0 Å². The molecule has 1 aromatic heterocycles. The molecule has 0 amide bonds. The van der Waals surface area contributed by atoms with E-state index in [2.05, 4.69) is 4.98 Å². The Bertz CT molecular complexity index is 1300. The van der Waals surface area contributed by atoms with E-state index in [4.69, 9.17) is 0 Å². The van der Waals surface area contributed by atoms with Crippen LogP contribution in [-0.4, -0.2) is 9.91 Å². The molecule has 1 aliphatic carbocycles. The van der Waals surface area contributed by atoms with E-state index < -0.39 is 0 Å². The summed E-state index contributed by atoms with van der Waals surface area (Å²) in [5.74, 6) is 0. The molecule has 0 radical (unpaired) electrons. The Morgan fingerprint density at radius 1 is 0.926 bits per heavy atom. The molecule has 0 saturated carbocycles. The average Bonchev–Trinajstić information content (AvgIpc) is 3.08.